The molecule has 0 radical (unpaired) electrons. The van der Waals surface area contributed by atoms with Crippen molar-refractivity contribution in [3.63, 3.8) is 0 Å². The van der Waals surface area contributed by atoms with Gasteiger partial charge in [0.15, 0.2) is 0 Å². The van der Waals surface area contributed by atoms with Crippen LogP contribution in [0, 0.1) is 13.8 Å². The quantitative estimate of drug-likeness (QED) is 0.699. The first-order valence-electron chi connectivity index (χ1n) is 6.44. The van der Waals surface area contributed by atoms with Gasteiger partial charge >= 0.3 is 0 Å². The zero-order valence-corrected chi connectivity index (χ0v) is 10.8. The number of aryl methyl sites for hydroxylation is 2. The Hall–Kier alpha value is -0.980. The van der Waals surface area contributed by atoms with Crippen LogP contribution in [-0.4, -0.2) is 5.11 Å². The van der Waals surface area contributed by atoms with Crippen LogP contribution in [0.2, 0.25) is 0 Å². The number of unbranched alkanes of at least 4 members (excludes halogenated alkanes) is 4. The second kappa shape index (κ2) is 6.57. The Morgan fingerprint density at radius 1 is 1.00 bits per heavy atom. The van der Waals surface area contributed by atoms with Crippen molar-refractivity contribution in [2.45, 2.75) is 59.3 Å². The minimum atomic E-state index is 0.409. The van der Waals surface area contributed by atoms with E-state index in [9.17, 15) is 5.11 Å². The monoisotopic (exact) mass is 220 g/mol. The highest BCUT2D eigenvalue weighted by Crippen LogP contribution is 2.22. The first kappa shape index (κ1) is 13.1. The van der Waals surface area contributed by atoms with E-state index in [0.29, 0.717) is 5.75 Å². The first-order chi connectivity index (χ1) is 7.65. The van der Waals surface area contributed by atoms with Crippen LogP contribution in [-0.2, 0) is 6.42 Å². The smallest absolute Gasteiger partial charge is 0.116 e. The summed E-state index contributed by atoms with van der Waals surface area (Å²) in [5.74, 6) is 0.409. The summed E-state index contributed by atoms with van der Waals surface area (Å²) in [6.07, 6.45) is 7.63. The third-order valence-corrected chi connectivity index (χ3v) is 3.31. The average Bonchev–Trinajstić information content (AvgIpc) is 2.24. The maximum atomic E-state index is 9.56. The highest BCUT2D eigenvalue weighted by atomic mass is 16.3. The molecule has 16 heavy (non-hydrogen) atoms. The van der Waals surface area contributed by atoms with Crippen molar-refractivity contribution >= 4 is 0 Å². The van der Waals surface area contributed by atoms with Crippen LogP contribution in [0.15, 0.2) is 12.1 Å². The van der Waals surface area contributed by atoms with Crippen molar-refractivity contribution in [3.8, 4) is 5.75 Å². The Morgan fingerprint density at radius 2 is 1.69 bits per heavy atom. The van der Waals surface area contributed by atoms with Crippen molar-refractivity contribution in [2.75, 3.05) is 0 Å². The molecule has 0 saturated heterocycles. The molecule has 1 aromatic carbocycles. The molecule has 1 aromatic rings. The summed E-state index contributed by atoms with van der Waals surface area (Å²) in [6.45, 7) is 6.45. The Kier molecular flexibility index (Phi) is 5.37. The number of hydrogen-bond acceptors (Lipinski definition) is 1. The summed E-state index contributed by atoms with van der Waals surface area (Å²) in [7, 11) is 0. The van der Waals surface area contributed by atoms with Gasteiger partial charge in [-0.3, -0.25) is 0 Å². The summed E-state index contributed by atoms with van der Waals surface area (Å²) in [5.41, 5.74) is 3.85. The van der Waals surface area contributed by atoms with Gasteiger partial charge in [-0.25, -0.2) is 0 Å². The number of phenolic OH excluding ortho intramolecular Hbond substituents is 1. The fourth-order valence-electron chi connectivity index (χ4n) is 2.09. The van der Waals surface area contributed by atoms with E-state index in [1.165, 1.54) is 48.8 Å². The van der Waals surface area contributed by atoms with Gasteiger partial charge in [0.1, 0.15) is 5.75 Å². The van der Waals surface area contributed by atoms with Gasteiger partial charge in [0.25, 0.3) is 0 Å². The first-order valence-corrected chi connectivity index (χ1v) is 6.44. The van der Waals surface area contributed by atoms with Gasteiger partial charge in [0, 0.05) is 0 Å². The zero-order valence-electron chi connectivity index (χ0n) is 10.8. The molecule has 1 nitrogen and oxygen atoms in total. The maximum absolute atomic E-state index is 9.56. The molecule has 0 saturated carbocycles. The predicted molar refractivity (Wildman–Crippen MR) is 70.0 cm³/mol. The van der Waals surface area contributed by atoms with E-state index in [0.717, 1.165) is 6.42 Å². The molecule has 1 N–H and O–H groups in total. The van der Waals surface area contributed by atoms with Gasteiger partial charge in [-0.1, -0.05) is 32.6 Å². The van der Waals surface area contributed by atoms with Crippen LogP contribution >= 0.6 is 0 Å². The molecule has 0 unspecified atom stereocenters. The molecule has 1 rings (SSSR count). The third kappa shape index (κ3) is 3.88. The highest BCUT2D eigenvalue weighted by molar-refractivity contribution is 5.40. The number of benzene rings is 1. The molecular formula is C15H24O. The van der Waals surface area contributed by atoms with E-state index < -0.39 is 0 Å². The molecular weight excluding hydrogens is 196 g/mol. The number of aromatic hydroxyl groups is 1. The number of phenols is 1. The molecule has 0 heterocycles. The molecule has 0 spiro atoms. The Labute approximate surface area is 99.5 Å². The van der Waals surface area contributed by atoms with E-state index in [2.05, 4.69) is 20.8 Å². The van der Waals surface area contributed by atoms with Crippen LogP contribution in [0.4, 0.5) is 0 Å². The molecule has 1 heteroatoms. The van der Waals surface area contributed by atoms with Crippen LogP contribution in [0.5, 0.6) is 5.75 Å². The fourth-order valence-corrected chi connectivity index (χ4v) is 2.09. The lowest BCUT2D eigenvalue weighted by atomic mass is 9.97. The summed E-state index contributed by atoms with van der Waals surface area (Å²) >= 11 is 0. The summed E-state index contributed by atoms with van der Waals surface area (Å²) in [4.78, 5) is 0. The molecule has 90 valence electrons. The van der Waals surface area contributed by atoms with Crippen molar-refractivity contribution in [1.82, 2.24) is 0 Å². The van der Waals surface area contributed by atoms with Gasteiger partial charge in [-0.05, 0) is 55.5 Å². The van der Waals surface area contributed by atoms with Crippen molar-refractivity contribution in [1.29, 1.82) is 0 Å². The normalized spacial score (nSPS) is 10.7. The lowest BCUT2D eigenvalue weighted by molar-refractivity contribution is 0.473. The topological polar surface area (TPSA) is 20.2 Å². The molecule has 0 atom stereocenters. The van der Waals surface area contributed by atoms with Crippen LogP contribution < -0.4 is 0 Å². The minimum absolute atomic E-state index is 0.409. The Bertz CT molecular complexity index is 328. The third-order valence-electron chi connectivity index (χ3n) is 3.31. The van der Waals surface area contributed by atoms with Gasteiger partial charge in [0.05, 0.1) is 0 Å². The largest absolute Gasteiger partial charge is 0.508 e. The molecule has 0 amide bonds. The zero-order chi connectivity index (χ0) is 12.0. The van der Waals surface area contributed by atoms with Crippen molar-refractivity contribution in [2.24, 2.45) is 0 Å². The lowest BCUT2D eigenvalue weighted by Crippen LogP contribution is -1.93. The summed E-state index contributed by atoms with van der Waals surface area (Å²) in [5, 5.41) is 9.56. The van der Waals surface area contributed by atoms with E-state index in [1.54, 1.807) is 0 Å². The number of rotatable bonds is 6. The average molecular weight is 220 g/mol. The van der Waals surface area contributed by atoms with Crippen molar-refractivity contribution < 1.29 is 5.11 Å². The second-order valence-corrected chi connectivity index (χ2v) is 4.71. The molecule has 0 bridgehead atoms. The minimum Gasteiger partial charge on any atom is -0.508 e. The van der Waals surface area contributed by atoms with Crippen LogP contribution in [0.1, 0.15) is 55.7 Å². The second-order valence-electron chi connectivity index (χ2n) is 4.71. The lowest BCUT2D eigenvalue weighted by Gasteiger charge is -2.09. The van der Waals surface area contributed by atoms with E-state index in [-0.39, 0.29) is 0 Å². The molecule has 0 aliphatic carbocycles. The Morgan fingerprint density at radius 3 is 2.38 bits per heavy atom. The SMILES string of the molecule is CCCCCCCc1cc(O)cc(C)c1C. The van der Waals surface area contributed by atoms with E-state index in [1.807, 2.05) is 12.1 Å². The Balaban J connectivity index is 2.47. The molecule has 0 fully saturated rings. The fraction of sp³-hybridized carbons (Fsp3) is 0.600. The van der Waals surface area contributed by atoms with Crippen LogP contribution in [0.25, 0.3) is 0 Å². The van der Waals surface area contributed by atoms with Gasteiger partial charge in [-0.2, -0.15) is 0 Å². The molecule has 0 aromatic heterocycles. The van der Waals surface area contributed by atoms with E-state index in [4.69, 9.17) is 0 Å². The van der Waals surface area contributed by atoms with Gasteiger partial charge in [0.2, 0.25) is 0 Å². The predicted octanol–water partition coefficient (Wildman–Crippen LogP) is 4.52. The van der Waals surface area contributed by atoms with Crippen molar-refractivity contribution in [3.05, 3.63) is 28.8 Å². The molecule has 0 aliphatic rings. The molecule has 0 aliphatic heterocycles. The highest BCUT2D eigenvalue weighted by Gasteiger charge is 2.03. The maximum Gasteiger partial charge on any atom is 0.116 e. The van der Waals surface area contributed by atoms with Gasteiger partial charge < -0.3 is 5.11 Å². The summed E-state index contributed by atoms with van der Waals surface area (Å²) < 4.78 is 0. The number of hydrogen-bond donors (Lipinski definition) is 1. The van der Waals surface area contributed by atoms with E-state index >= 15 is 0 Å². The summed E-state index contributed by atoms with van der Waals surface area (Å²) in [6, 6.07) is 3.76. The standard InChI is InChI=1S/C15H24O/c1-4-5-6-7-8-9-14-11-15(16)10-12(2)13(14)3/h10-11,16H,4-9H2,1-3H3. The van der Waals surface area contributed by atoms with Gasteiger partial charge in [-0.15, -0.1) is 0 Å². The van der Waals surface area contributed by atoms with Crippen LogP contribution in [0.3, 0.4) is 0 Å².